The minimum absolute atomic E-state index is 0.0377. The number of thioether (sulfide) groups is 2. The van der Waals surface area contributed by atoms with Crippen LogP contribution < -0.4 is 10.1 Å². The molecule has 1 saturated heterocycles. The molecule has 1 heterocycles. The number of amidine groups is 1. The minimum atomic E-state index is -2.89. The molecule has 2 aromatic carbocycles. The van der Waals surface area contributed by atoms with Crippen LogP contribution in [-0.4, -0.2) is 34.9 Å². The highest BCUT2D eigenvalue weighted by atomic mass is 32.2. The van der Waals surface area contributed by atoms with Gasteiger partial charge in [0, 0.05) is 4.90 Å². The van der Waals surface area contributed by atoms with Crippen molar-refractivity contribution in [3.05, 3.63) is 59.7 Å². The Morgan fingerprint density at radius 3 is 2.43 bits per heavy atom. The van der Waals surface area contributed by atoms with Gasteiger partial charge in [0.1, 0.15) is 5.75 Å². The van der Waals surface area contributed by atoms with Crippen LogP contribution in [0.25, 0.3) is 0 Å². The number of amides is 1. The lowest BCUT2D eigenvalue weighted by atomic mass is 10.1. The number of ether oxygens (including phenoxy) is 1. The van der Waals surface area contributed by atoms with Gasteiger partial charge in [-0.25, -0.2) is 0 Å². The molecule has 0 bridgehead atoms. The zero-order valence-electron chi connectivity index (χ0n) is 15.2. The Morgan fingerprint density at radius 1 is 1.10 bits per heavy atom. The summed E-state index contributed by atoms with van der Waals surface area (Å²) in [5.41, 5.74) is 1.46. The lowest BCUT2D eigenvalue weighted by Crippen LogP contribution is -2.25. The molecular weight excluding hydrogens is 442 g/mol. The fourth-order valence-corrected chi connectivity index (χ4v) is 3.95. The second kappa shape index (κ2) is 10.5. The first-order chi connectivity index (χ1) is 14.4. The molecule has 1 atom stereocenters. The maximum absolute atomic E-state index is 12.4. The average Bonchev–Trinajstić information content (AvgIpc) is 3.03. The Morgan fingerprint density at radius 2 is 1.80 bits per heavy atom. The number of benzene rings is 2. The predicted molar refractivity (Wildman–Crippen MR) is 110 cm³/mol. The van der Waals surface area contributed by atoms with Gasteiger partial charge in [-0.2, -0.15) is 22.7 Å². The average molecular weight is 457 g/mol. The van der Waals surface area contributed by atoms with E-state index in [0.717, 1.165) is 5.56 Å². The molecule has 0 radical (unpaired) electrons. The maximum atomic E-state index is 12.4. The van der Waals surface area contributed by atoms with E-state index in [1.165, 1.54) is 30.1 Å². The Kier molecular flexibility index (Phi) is 7.75. The van der Waals surface area contributed by atoms with Gasteiger partial charge >= 0.3 is 6.61 Å². The summed E-state index contributed by atoms with van der Waals surface area (Å²) >= 11 is 1.69. The van der Waals surface area contributed by atoms with Crippen LogP contribution in [0.2, 0.25) is 0 Å². The van der Waals surface area contributed by atoms with Crippen molar-refractivity contribution in [3.63, 3.8) is 0 Å². The predicted octanol–water partition coefficient (Wildman–Crippen LogP) is 4.77. The number of nitrogens with one attached hydrogen (secondary N) is 1. The van der Waals surface area contributed by atoms with Crippen LogP contribution in [0, 0.1) is 0 Å². The molecule has 1 N–H and O–H groups in total. The normalized spacial score (nSPS) is 18.0. The van der Waals surface area contributed by atoms with Gasteiger partial charge in [0.05, 0.1) is 11.5 Å². The topological polar surface area (TPSA) is 63.0 Å². The molecule has 2 aromatic rings. The Bertz CT molecular complexity index is 922. The fraction of sp³-hybridized carbons (Fsp3) is 0.211. The second-order valence-electron chi connectivity index (χ2n) is 5.92. The molecule has 158 valence electrons. The van der Waals surface area contributed by atoms with Crippen LogP contribution in [0.1, 0.15) is 11.1 Å². The number of alkyl halides is 4. The number of halogens is 4. The Hall–Kier alpha value is -2.53. The Balaban J connectivity index is 1.54. The number of hydrogen-bond donors (Lipinski definition) is 1. The van der Waals surface area contributed by atoms with Gasteiger partial charge in [0.25, 0.3) is 5.76 Å². The highest BCUT2D eigenvalue weighted by molar-refractivity contribution is 8.15. The molecule has 3 rings (SSSR count). The third-order valence-electron chi connectivity index (χ3n) is 3.81. The van der Waals surface area contributed by atoms with Crippen LogP contribution in [-0.2, 0) is 11.2 Å². The zero-order chi connectivity index (χ0) is 21.5. The third kappa shape index (κ3) is 6.77. The van der Waals surface area contributed by atoms with Crippen molar-refractivity contribution in [3.8, 4) is 5.75 Å². The summed E-state index contributed by atoms with van der Waals surface area (Å²) in [6, 6.07) is 12.5. The van der Waals surface area contributed by atoms with E-state index >= 15 is 0 Å². The van der Waals surface area contributed by atoms with Gasteiger partial charge in [-0.1, -0.05) is 35.7 Å². The summed E-state index contributed by atoms with van der Waals surface area (Å²) in [5, 5.41) is 10.4. The first-order valence-corrected chi connectivity index (χ1v) is 10.3. The molecule has 1 aliphatic heterocycles. The number of carbonyl (C=O) groups excluding carboxylic acids is 1. The lowest BCUT2D eigenvalue weighted by molar-refractivity contribution is -0.118. The first-order valence-electron chi connectivity index (χ1n) is 8.56. The van der Waals surface area contributed by atoms with Crippen LogP contribution in [0.3, 0.4) is 0 Å². The smallest absolute Gasteiger partial charge is 0.387 e. The van der Waals surface area contributed by atoms with Crippen molar-refractivity contribution in [2.75, 3.05) is 0 Å². The van der Waals surface area contributed by atoms with Gasteiger partial charge in [0.2, 0.25) is 5.91 Å². The van der Waals surface area contributed by atoms with Crippen LogP contribution >= 0.6 is 23.5 Å². The summed E-state index contributed by atoms with van der Waals surface area (Å²) in [4.78, 5) is 12.6. The standard InChI is InChI=1S/C19H15F4N3O2S2/c20-17(21)28-13-5-1-12(2-6-13)10-24-26-19-25-16(27)15(30-19)9-11-3-7-14(8-4-11)29-18(22)23/h1-8,10,15,17-18H,9H2,(H,25,26,27)/b24-10-/t15-/m0/s1. The second-order valence-corrected chi connectivity index (χ2v) is 8.17. The molecule has 0 spiro atoms. The van der Waals surface area contributed by atoms with Gasteiger partial charge < -0.3 is 10.1 Å². The molecule has 0 aliphatic carbocycles. The van der Waals surface area contributed by atoms with E-state index in [4.69, 9.17) is 0 Å². The fourth-order valence-electron chi connectivity index (χ4n) is 2.49. The van der Waals surface area contributed by atoms with Gasteiger partial charge in [-0.3, -0.25) is 4.79 Å². The number of rotatable bonds is 8. The molecule has 1 fully saturated rings. The zero-order valence-corrected chi connectivity index (χ0v) is 16.8. The molecule has 30 heavy (non-hydrogen) atoms. The van der Waals surface area contributed by atoms with Crippen LogP contribution in [0.4, 0.5) is 17.6 Å². The van der Waals surface area contributed by atoms with Gasteiger partial charge in [0.15, 0.2) is 5.17 Å². The van der Waals surface area contributed by atoms with Crippen molar-refractivity contribution in [2.45, 2.75) is 28.9 Å². The maximum Gasteiger partial charge on any atom is 0.387 e. The van der Waals surface area contributed by atoms with Gasteiger partial charge in [-0.15, -0.1) is 5.10 Å². The van der Waals surface area contributed by atoms with E-state index in [0.29, 0.717) is 33.8 Å². The van der Waals surface area contributed by atoms with Crippen molar-refractivity contribution < 1.29 is 27.1 Å². The van der Waals surface area contributed by atoms with Crippen molar-refractivity contribution in [1.82, 2.24) is 5.32 Å². The van der Waals surface area contributed by atoms with E-state index in [2.05, 4.69) is 20.3 Å². The molecule has 1 aliphatic rings. The summed E-state index contributed by atoms with van der Waals surface area (Å²) in [6.07, 6.45) is 1.84. The van der Waals surface area contributed by atoms with Crippen molar-refractivity contribution in [2.24, 2.45) is 10.2 Å². The van der Waals surface area contributed by atoms with E-state index in [-0.39, 0.29) is 11.7 Å². The number of hydrogen-bond acceptors (Lipinski definition) is 6. The Labute approximate surface area is 178 Å². The van der Waals surface area contributed by atoms with Crippen molar-refractivity contribution in [1.29, 1.82) is 0 Å². The molecule has 11 heteroatoms. The SMILES string of the molecule is O=C1N/C(=N\N=C/c2ccc(OC(F)F)cc2)S[C@H]1Cc1ccc(SC(F)F)cc1. The molecule has 5 nitrogen and oxygen atoms in total. The molecular formula is C19H15F4N3O2S2. The van der Waals surface area contributed by atoms with Crippen LogP contribution in [0.15, 0.2) is 63.6 Å². The highest BCUT2D eigenvalue weighted by Gasteiger charge is 2.30. The van der Waals surface area contributed by atoms with E-state index < -0.39 is 17.6 Å². The minimum Gasteiger partial charge on any atom is -0.435 e. The van der Waals surface area contributed by atoms with E-state index in [1.54, 1.807) is 36.4 Å². The molecule has 0 aromatic heterocycles. The van der Waals surface area contributed by atoms with Crippen LogP contribution in [0.5, 0.6) is 5.75 Å². The van der Waals surface area contributed by atoms with E-state index in [1.807, 2.05) is 0 Å². The largest absolute Gasteiger partial charge is 0.435 e. The van der Waals surface area contributed by atoms with Crippen molar-refractivity contribution >= 4 is 40.8 Å². The number of nitrogens with zero attached hydrogens (tertiary/aromatic N) is 2. The highest BCUT2D eigenvalue weighted by Crippen LogP contribution is 2.27. The third-order valence-corrected chi connectivity index (χ3v) is 5.60. The first kappa shape index (κ1) is 22.2. The summed E-state index contributed by atoms with van der Waals surface area (Å²) < 4.78 is 53.2. The van der Waals surface area contributed by atoms with Gasteiger partial charge in [-0.05, 0) is 53.9 Å². The summed E-state index contributed by atoms with van der Waals surface area (Å²) in [5.74, 6) is -2.65. The molecule has 1 amide bonds. The number of carbonyl (C=O) groups is 1. The summed E-state index contributed by atoms with van der Waals surface area (Å²) in [6.45, 7) is -2.89. The molecule has 0 saturated carbocycles. The summed E-state index contributed by atoms with van der Waals surface area (Å²) in [7, 11) is 0. The quantitative estimate of drug-likeness (QED) is 0.269. The molecule has 0 unspecified atom stereocenters. The van der Waals surface area contributed by atoms with E-state index in [9.17, 15) is 22.4 Å². The monoisotopic (exact) mass is 457 g/mol. The lowest BCUT2D eigenvalue weighted by Gasteiger charge is -2.06.